The van der Waals surface area contributed by atoms with Crippen molar-refractivity contribution in [1.29, 1.82) is 0 Å². The Labute approximate surface area is 127 Å². The SMILES string of the molecule is CC1C(O)CC23OC4(O)CC12C(O)C(=O)OCC3(C)C4(C)O. The Hall–Kier alpha value is -0.730. The van der Waals surface area contributed by atoms with Crippen molar-refractivity contribution in [3.63, 3.8) is 0 Å². The summed E-state index contributed by atoms with van der Waals surface area (Å²) in [5.74, 6) is -3.15. The van der Waals surface area contributed by atoms with E-state index >= 15 is 0 Å². The minimum absolute atomic E-state index is 0.114. The minimum atomic E-state index is -1.88. The van der Waals surface area contributed by atoms with Crippen LogP contribution in [0.4, 0.5) is 0 Å². The fourth-order valence-electron chi connectivity index (χ4n) is 5.81. The Bertz CT molecular complexity index is 576. The van der Waals surface area contributed by atoms with E-state index in [0.717, 1.165) is 0 Å². The molecule has 0 aromatic rings. The van der Waals surface area contributed by atoms with E-state index in [-0.39, 0.29) is 19.4 Å². The van der Waals surface area contributed by atoms with Gasteiger partial charge >= 0.3 is 5.97 Å². The fourth-order valence-corrected chi connectivity index (χ4v) is 5.81. The summed E-state index contributed by atoms with van der Waals surface area (Å²) in [6.07, 6.45) is -2.28. The highest BCUT2D eigenvalue weighted by atomic mass is 16.7. The fraction of sp³-hybridized carbons (Fsp3) is 0.933. The Morgan fingerprint density at radius 3 is 2.50 bits per heavy atom. The topological polar surface area (TPSA) is 116 Å². The van der Waals surface area contributed by atoms with E-state index in [2.05, 4.69) is 0 Å². The number of rotatable bonds is 0. The van der Waals surface area contributed by atoms with Crippen molar-refractivity contribution < 1.29 is 34.7 Å². The van der Waals surface area contributed by atoms with Gasteiger partial charge in [0.05, 0.1) is 17.1 Å². The number of hydrogen-bond donors (Lipinski definition) is 4. The van der Waals surface area contributed by atoms with Crippen LogP contribution in [-0.2, 0) is 14.3 Å². The lowest BCUT2D eigenvalue weighted by molar-refractivity contribution is -0.258. The molecule has 22 heavy (non-hydrogen) atoms. The van der Waals surface area contributed by atoms with Gasteiger partial charge < -0.3 is 29.9 Å². The molecule has 8 unspecified atom stereocenters. The van der Waals surface area contributed by atoms with E-state index in [1.807, 2.05) is 0 Å². The number of hydrogen-bond acceptors (Lipinski definition) is 7. The molecule has 8 atom stereocenters. The van der Waals surface area contributed by atoms with Crippen LogP contribution in [0, 0.1) is 16.7 Å². The number of aliphatic hydroxyl groups is 4. The molecule has 3 heterocycles. The largest absolute Gasteiger partial charge is 0.463 e. The van der Waals surface area contributed by atoms with Crippen LogP contribution in [-0.4, -0.2) is 62.2 Å². The average Bonchev–Trinajstić information content (AvgIpc) is 2.86. The smallest absolute Gasteiger partial charge is 0.335 e. The van der Waals surface area contributed by atoms with E-state index in [1.54, 1.807) is 13.8 Å². The molecule has 1 saturated carbocycles. The first kappa shape index (κ1) is 14.8. The van der Waals surface area contributed by atoms with Gasteiger partial charge in [-0.3, -0.25) is 0 Å². The number of esters is 1. The van der Waals surface area contributed by atoms with E-state index in [1.165, 1.54) is 6.92 Å². The lowest BCUT2D eigenvalue weighted by Crippen LogP contribution is -2.69. The molecule has 2 bridgehead atoms. The third-order valence-electron chi connectivity index (χ3n) is 7.45. The Morgan fingerprint density at radius 1 is 1.23 bits per heavy atom. The molecule has 7 nitrogen and oxygen atoms in total. The first-order chi connectivity index (χ1) is 9.99. The Kier molecular flexibility index (Phi) is 2.37. The molecule has 4 fully saturated rings. The highest BCUT2D eigenvalue weighted by molar-refractivity contribution is 5.77. The molecule has 0 radical (unpaired) electrons. The van der Waals surface area contributed by atoms with E-state index < -0.39 is 51.9 Å². The van der Waals surface area contributed by atoms with E-state index in [4.69, 9.17) is 9.47 Å². The molecule has 1 aliphatic carbocycles. The predicted molar refractivity (Wildman–Crippen MR) is 71.3 cm³/mol. The van der Waals surface area contributed by atoms with Crippen LogP contribution in [0.3, 0.4) is 0 Å². The number of ether oxygens (including phenoxy) is 2. The number of aliphatic hydroxyl groups excluding tert-OH is 2. The van der Waals surface area contributed by atoms with Crippen molar-refractivity contribution in [3.8, 4) is 0 Å². The molecule has 0 aromatic heterocycles. The van der Waals surface area contributed by atoms with Crippen LogP contribution in [0.1, 0.15) is 33.6 Å². The van der Waals surface area contributed by atoms with Gasteiger partial charge in [0.15, 0.2) is 11.9 Å². The summed E-state index contributed by atoms with van der Waals surface area (Å²) in [7, 11) is 0. The van der Waals surface area contributed by atoms with Crippen LogP contribution in [0.15, 0.2) is 0 Å². The standard InChI is InChI=1S/C15H22O7/c1-7-8(16)4-14-11(2)6-21-10(18)9(17)13(7,14)5-15(20,22-14)12(11,3)19/h7-9,16-17,19-20H,4-6H2,1-3H3. The molecule has 7 heteroatoms. The second-order valence-electron chi connectivity index (χ2n) is 7.91. The molecule has 0 aromatic carbocycles. The summed E-state index contributed by atoms with van der Waals surface area (Å²) in [6, 6.07) is 0. The zero-order valence-electron chi connectivity index (χ0n) is 12.9. The minimum Gasteiger partial charge on any atom is -0.463 e. The third-order valence-corrected chi connectivity index (χ3v) is 7.45. The van der Waals surface area contributed by atoms with Crippen molar-refractivity contribution in [1.82, 2.24) is 0 Å². The quantitative estimate of drug-likeness (QED) is 0.420. The van der Waals surface area contributed by atoms with Crippen molar-refractivity contribution in [2.75, 3.05) is 6.61 Å². The summed E-state index contributed by atoms with van der Waals surface area (Å²) in [5.41, 5.74) is -5.20. The number of cyclic esters (lactones) is 1. The van der Waals surface area contributed by atoms with Gasteiger partial charge in [0.2, 0.25) is 0 Å². The highest BCUT2D eigenvalue weighted by Gasteiger charge is 2.91. The molecule has 4 rings (SSSR count). The molecule has 4 N–H and O–H groups in total. The maximum Gasteiger partial charge on any atom is 0.335 e. The van der Waals surface area contributed by atoms with Crippen molar-refractivity contribution in [2.45, 2.75) is 62.8 Å². The molecule has 0 amide bonds. The van der Waals surface area contributed by atoms with Gasteiger partial charge in [0.1, 0.15) is 12.2 Å². The summed E-state index contributed by atoms with van der Waals surface area (Å²) in [5, 5.41) is 43.0. The number of fused-ring (bicyclic) bond motifs is 1. The van der Waals surface area contributed by atoms with Crippen LogP contribution < -0.4 is 0 Å². The molecule has 3 aliphatic heterocycles. The summed E-state index contributed by atoms with van der Waals surface area (Å²) < 4.78 is 11.1. The third kappa shape index (κ3) is 1.05. The molecule has 1 spiro atoms. The lowest BCUT2D eigenvalue weighted by atomic mass is 9.47. The zero-order valence-corrected chi connectivity index (χ0v) is 12.9. The monoisotopic (exact) mass is 314 g/mol. The van der Waals surface area contributed by atoms with Crippen molar-refractivity contribution in [3.05, 3.63) is 0 Å². The van der Waals surface area contributed by atoms with E-state index in [9.17, 15) is 25.2 Å². The maximum absolute atomic E-state index is 12.2. The molecular weight excluding hydrogens is 292 g/mol. The van der Waals surface area contributed by atoms with Crippen LogP contribution >= 0.6 is 0 Å². The lowest BCUT2D eigenvalue weighted by Gasteiger charge is -2.55. The maximum atomic E-state index is 12.2. The van der Waals surface area contributed by atoms with Gasteiger partial charge in [-0.25, -0.2) is 4.79 Å². The van der Waals surface area contributed by atoms with Gasteiger partial charge in [0, 0.05) is 18.3 Å². The first-order valence-electron chi connectivity index (χ1n) is 7.67. The van der Waals surface area contributed by atoms with Gasteiger partial charge in [-0.2, -0.15) is 0 Å². The normalized spacial score (nSPS) is 66.1. The van der Waals surface area contributed by atoms with Gasteiger partial charge in [0.25, 0.3) is 0 Å². The summed E-state index contributed by atoms with van der Waals surface area (Å²) >= 11 is 0. The number of carbonyl (C=O) groups is 1. The van der Waals surface area contributed by atoms with Gasteiger partial charge in [-0.05, 0) is 12.8 Å². The van der Waals surface area contributed by atoms with Crippen LogP contribution in [0.5, 0.6) is 0 Å². The molecule has 3 saturated heterocycles. The molecular formula is C15H22O7. The predicted octanol–water partition coefficient (Wildman–Crippen LogP) is -1.09. The second kappa shape index (κ2) is 3.52. The summed E-state index contributed by atoms with van der Waals surface area (Å²) in [6.45, 7) is 4.71. The Balaban J connectivity index is 2.05. The molecule has 124 valence electrons. The van der Waals surface area contributed by atoms with Crippen molar-refractivity contribution >= 4 is 5.97 Å². The average molecular weight is 314 g/mol. The first-order valence-corrected chi connectivity index (χ1v) is 7.67. The van der Waals surface area contributed by atoms with Gasteiger partial charge in [-0.15, -0.1) is 0 Å². The second-order valence-corrected chi connectivity index (χ2v) is 7.91. The highest BCUT2D eigenvalue weighted by Crippen LogP contribution is 2.79. The Morgan fingerprint density at radius 2 is 1.86 bits per heavy atom. The molecule has 4 aliphatic rings. The van der Waals surface area contributed by atoms with Gasteiger partial charge in [-0.1, -0.05) is 13.8 Å². The van der Waals surface area contributed by atoms with Crippen LogP contribution in [0.25, 0.3) is 0 Å². The van der Waals surface area contributed by atoms with Crippen molar-refractivity contribution in [2.24, 2.45) is 16.7 Å². The number of carbonyl (C=O) groups excluding carboxylic acids is 1. The van der Waals surface area contributed by atoms with E-state index in [0.29, 0.717) is 0 Å². The van der Waals surface area contributed by atoms with Crippen LogP contribution in [0.2, 0.25) is 0 Å². The zero-order chi connectivity index (χ0) is 16.3. The summed E-state index contributed by atoms with van der Waals surface area (Å²) in [4.78, 5) is 12.2.